The predicted octanol–water partition coefficient (Wildman–Crippen LogP) is 2.17. The highest BCUT2D eigenvalue weighted by Crippen LogP contribution is 2.31. The molecule has 11 nitrogen and oxygen atoms in total. The zero-order valence-corrected chi connectivity index (χ0v) is 23.2. The molecule has 2 aliphatic rings. The minimum atomic E-state index is -4.16. The summed E-state index contributed by atoms with van der Waals surface area (Å²) in [5.41, 5.74) is 1.03. The summed E-state index contributed by atoms with van der Waals surface area (Å²) < 4.78 is 33.2. The van der Waals surface area contributed by atoms with E-state index >= 15 is 0 Å². The van der Waals surface area contributed by atoms with Crippen LogP contribution in [0.2, 0.25) is 0 Å². The van der Waals surface area contributed by atoms with Crippen LogP contribution in [0.15, 0.2) is 53.4 Å². The van der Waals surface area contributed by atoms with E-state index < -0.39 is 46.2 Å². The first-order valence-corrected chi connectivity index (χ1v) is 15.1. The maximum absolute atomic E-state index is 13.8. The molecule has 13 heteroatoms. The average molecular weight is 578 g/mol. The quantitative estimate of drug-likeness (QED) is 0.506. The third-order valence-corrected chi connectivity index (χ3v) is 9.55. The Hall–Kier alpha value is -3.13. The second-order valence-corrected chi connectivity index (χ2v) is 12.6. The molecule has 2 aromatic rings. The van der Waals surface area contributed by atoms with Crippen molar-refractivity contribution in [1.82, 2.24) is 9.21 Å². The first-order chi connectivity index (χ1) is 18.5. The molecule has 0 radical (unpaired) electrons. The highest BCUT2D eigenvalue weighted by molar-refractivity contribution is 7.99. The van der Waals surface area contributed by atoms with Crippen LogP contribution in [-0.2, 0) is 19.6 Å². The Bertz CT molecular complexity index is 1310. The molecule has 2 fully saturated rings. The van der Waals surface area contributed by atoms with Gasteiger partial charge in [-0.15, -0.1) is 0 Å². The number of amides is 2. The summed E-state index contributed by atoms with van der Waals surface area (Å²) >= 11 is 1.75. The summed E-state index contributed by atoms with van der Waals surface area (Å²) in [5, 5.41) is 20.1. The summed E-state index contributed by atoms with van der Waals surface area (Å²) in [6, 6.07) is 9.24. The van der Waals surface area contributed by atoms with Gasteiger partial charge in [-0.1, -0.05) is 17.7 Å². The molecule has 0 spiro atoms. The Kier molecular flexibility index (Phi) is 8.84. The van der Waals surface area contributed by atoms with Gasteiger partial charge in [0.2, 0.25) is 15.9 Å². The average Bonchev–Trinajstić information content (AvgIpc) is 3.33. The molecule has 4 rings (SSSR count). The molecule has 2 heterocycles. The van der Waals surface area contributed by atoms with Crippen molar-refractivity contribution >= 4 is 45.4 Å². The van der Waals surface area contributed by atoms with Gasteiger partial charge in [-0.2, -0.15) is 16.1 Å². The molecule has 2 N–H and O–H groups in total. The number of aliphatic carboxylic acids is 1. The van der Waals surface area contributed by atoms with Crippen molar-refractivity contribution in [2.24, 2.45) is 0 Å². The number of hydrogen-bond acceptors (Lipinski definition) is 8. The van der Waals surface area contributed by atoms with Crippen molar-refractivity contribution in [1.29, 1.82) is 0 Å². The van der Waals surface area contributed by atoms with Crippen LogP contribution in [0, 0.1) is 6.92 Å². The summed E-state index contributed by atoms with van der Waals surface area (Å²) in [4.78, 5) is 40.8. The maximum Gasteiger partial charge on any atom is 0.415 e. The number of nitrogens with zero attached hydrogens (tertiary/aromatic N) is 3. The molecule has 0 bridgehead atoms. The van der Waals surface area contributed by atoms with Crippen LogP contribution < -0.4 is 9.64 Å². The highest BCUT2D eigenvalue weighted by Gasteiger charge is 2.46. The van der Waals surface area contributed by atoms with E-state index in [2.05, 4.69) is 0 Å². The Morgan fingerprint density at radius 1 is 1.05 bits per heavy atom. The molecular weight excluding hydrogens is 546 g/mol. The molecule has 39 heavy (non-hydrogen) atoms. The van der Waals surface area contributed by atoms with Crippen LogP contribution in [-0.4, -0.2) is 95.1 Å². The molecule has 2 amide bonds. The molecule has 210 valence electrons. The van der Waals surface area contributed by atoms with Gasteiger partial charge in [-0.05, 0) is 50.2 Å². The van der Waals surface area contributed by atoms with E-state index in [9.17, 15) is 33.0 Å². The summed E-state index contributed by atoms with van der Waals surface area (Å²) in [5.74, 6) is -0.215. The monoisotopic (exact) mass is 577 g/mol. The van der Waals surface area contributed by atoms with Crippen LogP contribution in [0.3, 0.4) is 0 Å². The zero-order chi connectivity index (χ0) is 28.3. The molecule has 2 aromatic carbocycles. The van der Waals surface area contributed by atoms with Gasteiger partial charge < -0.3 is 19.8 Å². The number of β-amino-alcohol motifs (C(OH)–C–C–N with tert-alkyl or cyclic N) is 1. The lowest BCUT2D eigenvalue weighted by atomic mass is 10.1. The van der Waals surface area contributed by atoms with Crippen LogP contribution in [0.1, 0.15) is 18.9 Å². The largest absolute Gasteiger partial charge is 0.480 e. The van der Waals surface area contributed by atoms with Crippen LogP contribution in [0.25, 0.3) is 0 Å². The second-order valence-electron chi connectivity index (χ2n) is 9.48. The van der Waals surface area contributed by atoms with Gasteiger partial charge in [-0.3, -0.25) is 9.69 Å². The first-order valence-electron chi connectivity index (χ1n) is 12.5. The lowest BCUT2D eigenvalue weighted by molar-refractivity contribution is -0.140. The number of rotatable bonds is 7. The Morgan fingerprint density at radius 3 is 2.26 bits per heavy atom. The second kappa shape index (κ2) is 11.9. The number of ether oxygens (including phenoxy) is 1. The number of anilines is 1. The molecule has 0 aliphatic carbocycles. The number of aliphatic hydroxyl groups excluding tert-OH is 1. The summed E-state index contributed by atoms with van der Waals surface area (Å²) in [6.45, 7) is 3.98. The minimum Gasteiger partial charge on any atom is -0.480 e. The zero-order valence-electron chi connectivity index (χ0n) is 21.6. The van der Waals surface area contributed by atoms with Crippen LogP contribution in [0.4, 0.5) is 10.5 Å². The number of aliphatic hydroxyl groups is 1. The van der Waals surface area contributed by atoms with Crippen LogP contribution >= 0.6 is 11.8 Å². The number of hydrogen-bond donors (Lipinski definition) is 2. The smallest absolute Gasteiger partial charge is 0.415 e. The van der Waals surface area contributed by atoms with E-state index in [1.165, 1.54) is 43.3 Å². The number of carbonyl (C=O) groups is 3. The summed E-state index contributed by atoms with van der Waals surface area (Å²) in [6.07, 6.45) is -1.78. The first kappa shape index (κ1) is 28.9. The number of benzene rings is 2. The minimum absolute atomic E-state index is 0.0312. The lowest BCUT2D eigenvalue weighted by Gasteiger charge is -2.32. The van der Waals surface area contributed by atoms with Gasteiger partial charge in [0.05, 0.1) is 11.0 Å². The lowest BCUT2D eigenvalue weighted by Crippen LogP contribution is -2.52. The van der Waals surface area contributed by atoms with Crippen molar-refractivity contribution in [3.63, 3.8) is 0 Å². The van der Waals surface area contributed by atoms with Crippen molar-refractivity contribution in [2.45, 2.75) is 43.4 Å². The molecule has 0 saturated carbocycles. The molecule has 0 aromatic heterocycles. The van der Waals surface area contributed by atoms with Gasteiger partial charge in [-0.25, -0.2) is 18.0 Å². The molecule has 1 unspecified atom stereocenters. The van der Waals surface area contributed by atoms with Gasteiger partial charge in [0, 0.05) is 43.2 Å². The highest BCUT2D eigenvalue weighted by atomic mass is 32.2. The van der Waals surface area contributed by atoms with E-state index in [0.717, 1.165) is 26.3 Å². The van der Waals surface area contributed by atoms with Gasteiger partial charge in [0.25, 0.3) is 0 Å². The van der Waals surface area contributed by atoms with Crippen molar-refractivity contribution < 1.29 is 37.8 Å². The number of thioether (sulfide) groups is 1. The Balaban J connectivity index is 1.60. The topological polar surface area (TPSA) is 145 Å². The van der Waals surface area contributed by atoms with E-state index in [1.54, 1.807) is 28.8 Å². The molecule has 3 atom stereocenters. The normalized spacial score (nSPS) is 20.8. The molecular formula is C26H31N3O8S2. The number of carboxylic acids is 1. The van der Waals surface area contributed by atoms with E-state index in [1.807, 2.05) is 6.92 Å². The standard InChI is InChI=1S/C26H31N3O8S2/c1-17-3-9-22(10-4-17)39(35,36)28-16-20(30)15-23(28)24(31)29(18(2)25(32)33)19-5-7-21(8-6-19)37-26(34)27-11-13-38-14-12-27/h3-10,18,20,23,30H,11-16H2,1-2H3,(H,32,33)/t18-,20?,23-/m0/s1. The molecule has 2 saturated heterocycles. The predicted molar refractivity (Wildman–Crippen MR) is 145 cm³/mol. The third kappa shape index (κ3) is 6.38. The fourth-order valence-corrected chi connectivity index (χ4v) is 7.05. The number of aryl methyl sites for hydroxylation is 1. The SMILES string of the molecule is Cc1ccc(S(=O)(=O)N2CC(O)C[C@H]2C(=O)N(c2ccc(OC(=O)N3CCSCC3)cc2)[C@@H](C)C(=O)O)cc1. The maximum atomic E-state index is 13.8. The van der Waals surface area contributed by atoms with E-state index in [4.69, 9.17) is 4.74 Å². The van der Waals surface area contributed by atoms with Crippen molar-refractivity contribution in [3.05, 3.63) is 54.1 Å². The van der Waals surface area contributed by atoms with Crippen LogP contribution in [0.5, 0.6) is 5.75 Å². The molecule has 2 aliphatic heterocycles. The van der Waals surface area contributed by atoms with E-state index in [0.29, 0.717) is 13.1 Å². The third-order valence-electron chi connectivity index (χ3n) is 6.72. The van der Waals surface area contributed by atoms with Crippen molar-refractivity contribution in [2.75, 3.05) is 36.0 Å². The Morgan fingerprint density at radius 2 is 1.67 bits per heavy atom. The number of carboxylic acid groups (broad SMARTS) is 1. The summed E-state index contributed by atoms with van der Waals surface area (Å²) in [7, 11) is -4.16. The number of sulfonamides is 1. The fraction of sp³-hybridized carbons (Fsp3) is 0.423. The Labute approximate surface area is 231 Å². The van der Waals surface area contributed by atoms with Gasteiger partial charge in [0.1, 0.15) is 17.8 Å². The number of carbonyl (C=O) groups excluding carboxylic acids is 2. The fourth-order valence-electron chi connectivity index (χ4n) is 4.52. The van der Waals surface area contributed by atoms with Gasteiger partial charge in [0.15, 0.2) is 0 Å². The van der Waals surface area contributed by atoms with Gasteiger partial charge >= 0.3 is 12.1 Å². The van der Waals surface area contributed by atoms with E-state index in [-0.39, 0.29) is 29.3 Å². The van der Waals surface area contributed by atoms with Crippen molar-refractivity contribution in [3.8, 4) is 5.75 Å².